The number of hydrogen-bond donors (Lipinski definition) is 5. The lowest BCUT2D eigenvalue weighted by Gasteiger charge is -2.45. The summed E-state index contributed by atoms with van der Waals surface area (Å²) in [6.07, 6.45) is -12.9. The fraction of sp³-hybridized carbons (Fsp3) is 0.419. The SMILES string of the molecule is O[C@H]1[C@@H](O)[C@@H](COC(c2ccccc2)(c2ccccc2)c2ccccc2)O[C@@H](O[C@H]2[C@H](O)[C@@H](O)[C@@H]3OC[C@H]2O3)[C@@H]1O. The third-order valence-corrected chi connectivity index (χ3v) is 8.03. The van der Waals surface area contributed by atoms with Gasteiger partial charge < -0.3 is 49.2 Å². The van der Waals surface area contributed by atoms with E-state index < -0.39 is 67.0 Å². The second-order valence-corrected chi connectivity index (χ2v) is 10.6. The van der Waals surface area contributed by atoms with Crippen molar-refractivity contribution < 1.29 is 49.2 Å². The molecule has 41 heavy (non-hydrogen) atoms. The van der Waals surface area contributed by atoms with E-state index in [9.17, 15) is 25.5 Å². The van der Waals surface area contributed by atoms with Gasteiger partial charge in [-0.15, -0.1) is 0 Å². The molecule has 10 nitrogen and oxygen atoms in total. The Kier molecular flexibility index (Phi) is 8.21. The van der Waals surface area contributed by atoms with Gasteiger partial charge in [0.2, 0.25) is 0 Å². The zero-order chi connectivity index (χ0) is 28.6. The first-order valence-electron chi connectivity index (χ1n) is 13.7. The first-order chi connectivity index (χ1) is 19.9. The van der Waals surface area contributed by atoms with Gasteiger partial charge in [-0.3, -0.25) is 0 Å². The fourth-order valence-electron chi connectivity index (χ4n) is 5.83. The maximum absolute atomic E-state index is 10.9. The normalized spacial score (nSPS) is 35.3. The van der Waals surface area contributed by atoms with Gasteiger partial charge in [-0.2, -0.15) is 0 Å². The van der Waals surface area contributed by atoms with Crippen LogP contribution in [0.2, 0.25) is 0 Å². The molecule has 0 spiro atoms. The van der Waals surface area contributed by atoms with Crippen LogP contribution in [0.1, 0.15) is 16.7 Å². The van der Waals surface area contributed by atoms with Gasteiger partial charge in [0.25, 0.3) is 0 Å². The van der Waals surface area contributed by atoms with Crippen molar-refractivity contribution in [1.82, 2.24) is 0 Å². The summed E-state index contributed by atoms with van der Waals surface area (Å²) in [6, 6.07) is 29.0. The van der Waals surface area contributed by atoms with Crippen LogP contribution in [0, 0.1) is 0 Å². The highest BCUT2D eigenvalue weighted by atomic mass is 16.8. The molecule has 0 aliphatic carbocycles. The van der Waals surface area contributed by atoms with Gasteiger partial charge in [0, 0.05) is 0 Å². The number of ether oxygens (including phenoxy) is 5. The minimum absolute atomic E-state index is 0.0672. The van der Waals surface area contributed by atoms with E-state index in [2.05, 4.69) is 0 Å². The van der Waals surface area contributed by atoms with Gasteiger partial charge in [0.1, 0.15) is 54.4 Å². The molecule has 3 fully saturated rings. The minimum atomic E-state index is -1.65. The smallest absolute Gasteiger partial charge is 0.187 e. The zero-order valence-corrected chi connectivity index (χ0v) is 22.1. The second-order valence-electron chi connectivity index (χ2n) is 10.6. The van der Waals surface area contributed by atoms with E-state index in [0.29, 0.717) is 0 Å². The van der Waals surface area contributed by atoms with Gasteiger partial charge in [0.15, 0.2) is 12.6 Å². The number of aliphatic hydroxyl groups is 5. The van der Waals surface area contributed by atoms with Crippen LogP contribution >= 0.6 is 0 Å². The summed E-state index contributed by atoms with van der Waals surface area (Å²) in [5, 5.41) is 53.3. The Balaban J connectivity index is 1.30. The summed E-state index contributed by atoms with van der Waals surface area (Å²) < 4.78 is 29.5. The van der Waals surface area contributed by atoms with Crippen molar-refractivity contribution in [2.24, 2.45) is 0 Å². The van der Waals surface area contributed by atoms with Crippen molar-refractivity contribution in [1.29, 1.82) is 0 Å². The molecule has 3 aliphatic rings. The van der Waals surface area contributed by atoms with Crippen LogP contribution in [0.25, 0.3) is 0 Å². The Bertz CT molecular complexity index is 1170. The van der Waals surface area contributed by atoms with Gasteiger partial charge in [-0.25, -0.2) is 0 Å². The van der Waals surface area contributed by atoms with E-state index in [-0.39, 0.29) is 13.2 Å². The maximum Gasteiger partial charge on any atom is 0.187 e. The molecule has 3 saturated heterocycles. The van der Waals surface area contributed by atoms with Crippen molar-refractivity contribution in [3.05, 3.63) is 108 Å². The van der Waals surface area contributed by atoms with Crippen LogP contribution in [0.3, 0.4) is 0 Å². The molecule has 2 bridgehead atoms. The predicted molar refractivity (Wildman–Crippen MR) is 143 cm³/mol. The molecule has 0 radical (unpaired) electrons. The Morgan fingerprint density at radius 1 is 0.634 bits per heavy atom. The lowest BCUT2D eigenvalue weighted by molar-refractivity contribution is -0.339. The van der Waals surface area contributed by atoms with Crippen LogP contribution in [-0.4, -0.2) is 100 Å². The molecule has 0 aromatic heterocycles. The molecular weight excluding hydrogens is 532 g/mol. The largest absolute Gasteiger partial charge is 0.387 e. The number of benzene rings is 3. The molecule has 3 heterocycles. The van der Waals surface area contributed by atoms with E-state index >= 15 is 0 Å². The lowest BCUT2D eigenvalue weighted by Crippen LogP contribution is -2.63. The average Bonchev–Trinajstić information content (AvgIpc) is 3.47. The minimum Gasteiger partial charge on any atom is -0.387 e. The lowest BCUT2D eigenvalue weighted by atomic mass is 9.80. The fourth-order valence-corrected chi connectivity index (χ4v) is 5.83. The molecule has 0 amide bonds. The van der Waals surface area contributed by atoms with Crippen LogP contribution in [-0.2, 0) is 29.3 Å². The number of aliphatic hydroxyl groups excluding tert-OH is 5. The first kappa shape index (κ1) is 28.4. The van der Waals surface area contributed by atoms with Crippen molar-refractivity contribution >= 4 is 0 Å². The molecule has 6 rings (SSSR count). The van der Waals surface area contributed by atoms with Crippen LogP contribution in [0.5, 0.6) is 0 Å². The van der Waals surface area contributed by atoms with Crippen LogP contribution in [0.15, 0.2) is 91.0 Å². The summed E-state index contributed by atoms with van der Waals surface area (Å²) in [5.41, 5.74) is 1.40. The molecule has 218 valence electrons. The van der Waals surface area contributed by atoms with Gasteiger partial charge >= 0.3 is 0 Å². The highest BCUT2D eigenvalue weighted by molar-refractivity contribution is 5.47. The Labute approximate surface area is 237 Å². The summed E-state index contributed by atoms with van der Waals surface area (Å²) in [6.45, 7) is -0.137. The highest BCUT2D eigenvalue weighted by Crippen LogP contribution is 2.41. The molecule has 5 N–H and O–H groups in total. The van der Waals surface area contributed by atoms with Crippen molar-refractivity contribution in [3.63, 3.8) is 0 Å². The van der Waals surface area contributed by atoms with Crippen LogP contribution < -0.4 is 0 Å². The molecule has 3 aliphatic heterocycles. The zero-order valence-electron chi connectivity index (χ0n) is 22.1. The second kappa shape index (κ2) is 11.9. The summed E-state index contributed by atoms with van der Waals surface area (Å²) in [4.78, 5) is 0. The van der Waals surface area contributed by atoms with Gasteiger partial charge in [0.05, 0.1) is 13.2 Å². The first-order valence-corrected chi connectivity index (χ1v) is 13.7. The van der Waals surface area contributed by atoms with E-state index in [1.807, 2.05) is 91.0 Å². The topological polar surface area (TPSA) is 147 Å². The molecule has 10 atom stereocenters. The molecule has 0 saturated carbocycles. The average molecular weight is 567 g/mol. The quantitative estimate of drug-likeness (QED) is 0.247. The molecular formula is C31H34O10. The van der Waals surface area contributed by atoms with E-state index in [4.69, 9.17) is 23.7 Å². The molecule has 3 aromatic carbocycles. The van der Waals surface area contributed by atoms with Crippen molar-refractivity contribution in [2.45, 2.75) is 67.0 Å². The molecule has 0 unspecified atom stereocenters. The standard InChI is InChI=1S/C31H34O10/c32-23-21(39-30(26(35)24(23)33)41-28-22-16-37-29(40-22)27(36)25(28)34)17-38-31(18-10-4-1-5-11-18,19-12-6-2-7-13-19)20-14-8-3-9-15-20/h1-15,21-30,32-36H,16-17H2/t21-,22-,23+,24+,25-,26-,27-,28-,29-,30+/m1/s1. The van der Waals surface area contributed by atoms with Crippen LogP contribution in [0.4, 0.5) is 0 Å². The third kappa shape index (κ3) is 5.21. The Morgan fingerprint density at radius 2 is 1.17 bits per heavy atom. The third-order valence-electron chi connectivity index (χ3n) is 8.03. The van der Waals surface area contributed by atoms with Crippen molar-refractivity contribution in [3.8, 4) is 0 Å². The number of hydrogen-bond acceptors (Lipinski definition) is 10. The Hall–Kier alpha value is -2.74. The summed E-state index contributed by atoms with van der Waals surface area (Å²) >= 11 is 0. The Morgan fingerprint density at radius 3 is 1.71 bits per heavy atom. The van der Waals surface area contributed by atoms with E-state index in [1.165, 1.54) is 0 Å². The predicted octanol–water partition coefficient (Wildman–Crippen LogP) is 0.665. The van der Waals surface area contributed by atoms with Gasteiger partial charge in [-0.05, 0) is 16.7 Å². The highest BCUT2D eigenvalue weighted by Gasteiger charge is 2.54. The summed E-state index contributed by atoms with van der Waals surface area (Å²) in [7, 11) is 0. The number of fused-ring (bicyclic) bond motifs is 2. The molecule has 10 heteroatoms. The molecule has 3 aromatic rings. The number of rotatable bonds is 8. The summed E-state index contributed by atoms with van der Waals surface area (Å²) in [5.74, 6) is 0. The van der Waals surface area contributed by atoms with E-state index in [1.54, 1.807) is 0 Å². The van der Waals surface area contributed by atoms with E-state index in [0.717, 1.165) is 16.7 Å². The maximum atomic E-state index is 10.9. The van der Waals surface area contributed by atoms with Gasteiger partial charge in [-0.1, -0.05) is 91.0 Å². The van der Waals surface area contributed by atoms with Crippen molar-refractivity contribution in [2.75, 3.05) is 13.2 Å². The monoisotopic (exact) mass is 566 g/mol.